The molecule has 0 heterocycles. The van der Waals surface area contributed by atoms with Crippen molar-refractivity contribution in [3.05, 3.63) is 24.3 Å². The Morgan fingerprint density at radius 3 is 2.26 bits per heavy atom. The molecule has 1 amide bonds. The van der Waals surface area contributed by atoms with Crippen molar-refractivity contribution >= 4 is 34.9 Å². The number of likely N-dealkylation sites (N-methyl/N-ethyl adjacent to an activating group) is 1. The zero-order chi connectivity index (χ0) is 20.8. The highest BCUT2D eigenvalue weighted by atomic mass is 32.1. The van der Waals surface area contributed by atoms with Gasteiger partial charge in [-0.3, -0.25) is 4.79 Å². The summed E-state index contributed by atoms with van der Waals surface area (Å²) in [5.74, 6) is -0.721. The number of anilines is 1. The second-order valence-electron chi connectivity index (χ2n) is 7.40. The Labute approximate surface area is 166 Å². The highest BCUT2D eigenvalue weighted by Crippen LogP contribution is 2.17. The molecule has 0 aromatic heterocycles. The Morgan fingerprint density at radius 1 is 1.26 bits per heavy atom. The second kappa shape index (κ2) is 9.55. The maximum Gasteiger partial charge on any atom is 0.326 e. The molecule has 1 atom stereocenters. The SMILES string of the molecule is COc1ccc(NC(=S)NC(C)(C)CC(=O)N(C)[C@H](C(=O)O)C(C)C)cc1. The fraction of sp³-hybridized carbons (Fsp3) is 0.526. The number of methoxy groups -OCH3 is 1. The van der Waals surface area contributed by atoms with Crippen LogP contribution in [0.5, 0.6) is 5.75 Å². The molecule has 3 N–H and O–H groups in total. The van der Waals surface area contributed by atoms with Crippen LogP contribution in [-0.2, 0) is 9.59 Å². The largest absolute Gasteiger partial charge is 0.497 e. The lowest BCUT2D eigenvalue weighted by atomic mass is 9.97. The van der Waals surface area contributed by atoms with Crippen molar-refractivity contribution in [2.75, 3.05) is 19.5 Å². The Bertz CT molecular complexity index is 674. The first kappa shape index (κ1) is 22.7. The number of hydrogen-bond donors (Lipinski definition) is 3. The zero-order valence-corrected chi connectivity index (χ0v) is 17.5. The molecule has 1 aromatic carbocycles. The third-order valence-corrected chi connectivity index (χ3v) is 4.29. The number of nitrogens with zero attached hydrogens (tertiary/aromatic N) is 1. The Hall–Kier alpha value is -2.35. The van der Waals surface area contributed by atoms with E-state index in [0.717, 1.165) is 11.4 Å². The third-order valence-electron chi connectivity index (χ3n) is 4.09. The third kappa shape index (κ3) is 7.05. The van der Waals surface area contributed by atoms with Crippen LogP contribution in [0.1, 0.15) is 34.1 Å². The van der Waals surface area contributed by atoms with Gasteiger partial charge >= 0.3 is 5.97 Å². The van der Waals surface area contributed by atoms with Gasteiger partial charge in [0, 0.05) is 24.7 Å². The average molecular weight is 396 g/mol. The first-order valence-electron chi connectivity index (χ1n) is 8.68. The molecule has 0 unspecified atom stereocenters. The number of carboxylic acids is 1. The van der Waals surface area contributed by atoms with Gasteiger partial charge in [-0.2, -0.15) is 0 Å². The normalized spacial score (nSPS) is 12.3. The summed E-state index contributed by atoms with van der Waals surface area (Å²) >= 11 is 5.33. The highest BCUT2D eigenvalue weighted by molar-refractivity contribution is 7.80. The van der Waals surface area contributed by atoms with Gasteiger partial charge < -0.3 is 25.4 Å². The van der Waals surface area contributed by atoms with Gasteiger partial charge in [0.05, 0.1) is 7.11 Å². The van der Waals surface area contributed by atoms with Gasteiger partial charge in [-0.25, -0.2) is 4.79 Å². The summed E-state index contributed by atoms with van der Waals surface area (Å²) in [6.07, 6.45) is 0.102. The van der Waals surface area contributed by atoms with Gasteiger partial charge in [0.15, 0.2) is 5.11 Å². The summed E-state index contributed by atoms with van der Waals surface area (Å²) in [6.45, 7) is 7.23. The van der Waals surface area contributed by atoms with E-state index in [1.807, 2.05) is 38.1 Å². The maximum atomic E-state index is 12.6. The lowest BCUT2D eigenvalue weighted by Crippen LogP contribution is -2.51. The predicted octanol–water partition coefficient (Wildman–Crippen LogP) is 2.72. The van der Waals surface area contributed by atoms with Crippen molar-refractivity contribution in [2.24, 2.45) is 5.92 Å². The number of carbonyl (C=O) groups excluding carboxylic acids is 1. The molecule has 27 heavy (non-hydrogen) atoms. The molecular formula is C19H29N3O4S. The zero-order valence-electron chi connectivity index (χ0n) is 16.7. The van der Waals surface area contributed by atoms with Crippen molar-refractivity contribution in [2.45, 2.75) is 45.7 Å². The van der Waals surface area contributed by atoms with Crippen LogP contribution in [-0.4, -0.2) is 52.7 Å². The minimum absolute atomic E-state index is 0.102. The number of thiocarbonyl (C=S) groups is 1. The van der Waals surface area contributed by atoms with Gasteiger partial charge in [-0.15, -0.1) is 0 Å². The van der Waals surface area contributed by atoms with Crippen molar-refractivity contribution in [1.29, 1.82) is 0 Å². The van der Waals surface area contributed by atoms with Crippen LogP contribution in [0.2, 0.25) is 0 Å². The number of nitrogens with one attached hydrogen (secondary N) is 2. The lowest BCUT2D eigenvalue weighted by Gasteiger charge is -2.33. The van der Waals surface area contributed by atoms with E-state index in [9.17, 15) is 14.7 Å². The van der Waals surface area contributed by atoms with Gasteiger partial charge in [-0.1, -0.05) is 13.8 Å². The Kier molecular flexibility index (Phi) is 8.02. The molecule has 1 rings (SSSR count). The molecule has 0 aliphatic carbocycles. The molecule has 0 spiro atoms. The van der Waals surface area contributed by atoms with Crippen LogP contribution in [0.15, 0.2) is 24.3 Å². The Balaban J connectivity index is 2.68. The molecule has 0 saturated carbocycles. The molecular weight excluding hydrogens is 366 g/mol. The number of hydrogen-bond acceptors (Lipinski definition) is 4. The maximum absolute atomic E-state index is 12.6. The number of rotatable bonds is 8. The van der Waals surface area contributed by atoms with Gasteiger partial charge in [0.2, 0.25) is 5.91 Å². The van der Waals surface area contributed by atoms with E-state index < -0.39 is 17.6 Å². The smallest absolute Gasteiger partial charge is 0.326 e. The molecule has 0 aliphatic rings. The highest BCUT2D eigenvalue weighted by Gasteiger charge is 2.32. The number of aliphatic carboxylic acids is 1. The van der Waals surface area contributed by atoms with Crippen molar-refractivity contribution in [3.8, 4) is 5.75 Å². The van der Waals surface area contributed by atoms with E-state index in [2.05, 4.69) is 10.6 Å². The minimum atomic E-state index is -1.01. The summed E-state index contributed by atoms with van der Waals surface area (Å²) in [6, 6.07) is 6.43. The first-order chi connectivity index (χ1) is 12.5. The summed E-state index contributed by atoms with van der Waals surface area (Å²) in [5.41, 5.74) is 0.139. The fourth-order valence-electron chi connectivity index (χ4n) is 2.74. The molecule has 1 aromatic rings. The predicted molar refractivity (Wildman–Crippen MR) is 110 cm³/mol. The van der Waals surface area contributed by atoms with Crippen LogP contribution in [0, 0.1) is 5.92 Å². The topological polar surface area (TPSA) is 90.9 Å². The summed E-state index contributed by atoms with van der Waals surface area (Å²) in [7, 11) is 3.12. The van der Waals surface area contributed by atoms with E-state index in [-0.39, 0.29) is 18.2 Å². The van der Waals surface area contributed by atoms with Crippen LogP contribution in [0.4, 0.5) is 5.69 Å². The van der Waals surface area contributed by atoms with Crippen molar-refractivity contribution in [3.63, 3.8) is 0 Å². The average Bonchev–Trinajstić information content (AvgIpc) is 2.53. The van der Waals surface area contributed by atoms with Crippen molar-refractivity contribution in [1.82, 2.24) is 10.2 Å². The van der Waals surface area contributed by atoms with Gasteiger partial charge in [0.1, 0.15) is 11.8 Å². The van der Waals surface area contributed by atoms with Gasteiger partial charge in [0.25, 0.3) is 0 Å². The molecule has 0 fully saturated rings. The number of carbonyl (C=O) groups is 2. The van der Waals surface area contributed by atoms with Crippen LogP contribution in [0.3, 0.4) is 0 Å². The minimum Gasteiger partial charge on any atom is -0.497 e. The van der Waals surface area contributed by atoms with E-state index in [4.69, 9.17) is 17.0 Å². The molecule has 7 nitrogen and oxygen atoms in total. The summed E-state index contributed by atoms with van der Waals surface area (Å²) in [4.78, 5) is 25.3. The van der Waals surface area contributed by atoms with Crippen LogP contribution >= 0.6 is 12.2 Å². The molecule has 0 saturated heterocycles. The quantitative estimate of drug-likeness (QED) is 0.583. The van der Waals surface area contributed by atoms with Crippen molar-refractivity contribution < 1.29 is 19.4 Å². The van der Waals surface area contributed by atoms with Crippen LogP contribution < -0.4 is 15.4 Å². The monoisotopic (exact) mass is 395 g/mol. The Morgan fingerprint density at radius 2 is 1.81 bits per heavy atom. The summed E-state index contributed by atoms with van der Waals surface area (Å²) < 4.78 is 5.11. The van der Waals surface area contributed by atoms with E-state index >= 15 is 0 Å². The fourth-order valence-corrected chi connectivity index (χ4v) is 3.14. The molecule has 0 radical (unpaired) electrons. The van der Waals surface area contributed by atoms with E-state index in [0.29, 0.717) is 5.11 Å². The number of ether oxygens (including phenoxy) is 1. The van der Waals surface area contributed by atoms with Crippen LogP contribution in [0.25, 0.3) is 0 Å². The van der Waals surface area contributed by atoms with E-state index in [1.54, 1.807) is 21.0 Å². The molecule has 0 bridgehead atoms. The van der Waals surface area contributed by atoms with E-state index in [1.165, 1.54) is 11.9 Å². The second-order valence-corrected chi connectivity index (χ2v) is 7.81. The first-order valence-corrected chi connectivity index (χ1v) is 9.09. The number of benzene rings is 1. The molecule has 0 aliphatic heterocycles. The molecule has 8 heteroatoms. The molecule has 150 valence electrons. The number of carboxylic acid groups (broad SMARTS) is 1. The number of amides is 1. The standard InChI is InChI=1S/C19H29N3O4S/c1-12(2)16(17(24)25)22(5)15(23)11-19(3,4)21-18(27)20-13-7-9-14(26-6)10-8-13/h7-10,12,16H,11H2,1-6H3,(H,24,25)(H2,20,21,27)/t16-/m0/s1. The van der Waals surface area contributed by atoms with Gasteiger partial charge in [-0.05, 0) is 56.2 Å². The summed E-state index contributed by atoms with van der Waals surface area (Å²) in [5, 5.41) is 15.9. The lowest BCUT2D eigenvalue weighted by molar-refractivity contribution is -0.151.